The Morgan fingerprint density at radius 1 is 0.923 bits per heavy atom. The highest BCUT2D eigenvalue weighted by Crippen LogP contribution is 2.35. The third-order valence-corrected chi connectivity index (χ3v) is 5.16. The van der Waals surface area contributed by atoms with Crippen LogP contribution in [0.25, 0.3) is 11.0 Å². The van der Waals surface area contributed by atoms with Crippen LogP contribution in [-0.2, 0) is 11.8 Å². The lowest BCUT2D eigenvalue weighted by molar-refractivity contribution is 0.615. The number of nitriles is 1. The second-order valence-electron chi connectivity index (χ2n) is 6.29. The zero-order valence-corrected chi connectivity index (χ0v) is 15.6. The van der Waals surface area contributed by atoms with Gasteiger partial charge in [-0.15, -0.1) is 0 Å². The lowest BCUT2D eigenvalue weighted by atomic mass is 9.76. The van der Waals surface area contributed by atoms with Crippen molar-refractivity contribution >= 4 is 27.0 Å². The highest BCUT2D eigenvalue weighted by Gasteiger charge is 2.38. The monoisotopic (exact) mass is 401 g/mol. The molecule has 0 aliphatic rings. The van der Waals surface area contributed by atoms with E-state index in [1.165, 1.54) is 0 Å². The van der Waals surface area contributed by atoms with Gasteiger partial charge in [-0.25, -0.2) is 4.98 Å². The number of hydrogen-bond donors (Lipinski definition) is 1. The smallest absolute Gasteiger partial charge is 0.144 e. The van der Waals surface area contributed by atoms with Gasteiger partial charge in [-0.1, -0.05) is 70.5 Å². The molecule has 3 aromatic carbocycles. The largest absolute Gasteiger partial charge is 0.340 e. The molecule has 1 heterocycles. The summed E-state index contributed by atoms with van der Waals surface area (Å²) < 4.78 is 1.02. The molecule has 0 aliphatic heterocycles. The summed E-state index contributed by atoms with van der Waals surface area (Å²) in [6.07, 6.45) is 0.542. The first-order valence-electron chi connectivity index (χ1n) is 8.38. The van der Waals surface area contributed by atoms with Crippen LogP contribution in [0.5, 0.6) is 0 Å². The molecular weight excluding hydrogens is 386 g/mol. The lowest BCUT2D eigenvalue weighted by Crippen LogP contribution is -2.30. The normalized spacial score (nSPS) is 13.2. The van der Waals surface area contributed by atoms with Crippen LogP contribution in [0, 0.1) is 11.3 Å². The number of hydrogen-bond acceptors (Lipinski definition) is 2. The molecule has 1 aromatic heterocycles. The first-order valence-corrected chi connectivity index (χ1v) is 9.17. The molecule has 3 nitrogen and oxygen atoms in total. The Hall–Kier alpha value is -2.90. The standard InChI is InChI=1S/C22H16BrN3/c23-18-12-10-16(11-13-18)14-22(15-24,17-6-2-1-3-7-17)21-25-19-8-4-5-9-20(19)26-21/h1-13H,14H2,(H,25,26). The summed E-state index contributed by atoms with van der Waals surface area (Å²) in [7, 11) is 0. The summed E-state index contributed by atoms with van der Waals surface area (Å²) >= 11 is 3.47. The summed E-state index contributed by atoms with van der Waals surface area (Å²) in [6, 6.07) is 28.4. The Kier molecular flexibility index (Phi) is 4.32. The molecule has 0 bridgehead atoms. The van der Waals surface area contributed by atoms with Gasteiger partial charge in [0.2, 0.25) is 0 Å². The summed E-state index contributed by atoms with van der Waals surface area (Å²) in [4.78, 5) is 8.13. The average molecular weight is 402 g/mol. The van der Waals surface area contributed by atoms with Crippen molar-refractivity contribution in [1.29, 1.82) is 5.26 Å². The predicted octanol–water partition coefficient (Wildman–Crippen LogP) is 5.38. The number of benzene rings is 3. The van der Waals surface area contributed by atoms with Crippen LogP contribution in [0.1, 0.15) is 17.0 Å². The zero-order chi connectivity index (χ0) is 18.0. The molecule has 0 saturated carbocycles. The van der Waals surface area contributed by atoms with Crippen LogP contribution in [0.3, 0.4) is 0 Å². The van der Waals surface area contributed by atoms with Gasteiger partial charge in [0.1, 0.15) is 11.2 Å². The van der Waals surface area contributed by atoms with Gasteiger partial charge in [-0.2, -0.15) is 5.26 Å². The maximum absolute atomic E-state index is 10.3. The molecule has 1 N–H and O–H groups in total. The first-order chi connectivity index (χ1) is 12.7. The van der Waals surface area contributed by atoms with E-state index < -0.39 is 5.41 Å². The molecule has 1 unspecified atom stereocenters. The van der Waals surface area contributed by atoms with Crippen LogP contribution < -0.4 is 0 Å². The summed E-state index contributed by atoms with van der Waals surface area (Å²) in [5.74, 6) is 0.676. The maximum atomic E-state index is 10.3. The molecule has 4 rings (SSSR count). The first kappa shape index (κ1) is 16.6. The van der Waals surface area contributed by atoms with E-state index in [1.54, 1.807) is 0 Å². The molecule has 4 heteroatoms. The van der Waals surface area contributed by atoms with Gasteiger partial charge in [-0.3, -0.25) is 0 Å². The molecule has 0 radical (unpaired) electrons. The zero-order valence-electron chi connectivity index (χ0n) is 14.0. The van der Waals surface area contributed by atoms with Gasteiger partial charge >= 0.3 is 0 Å². The number of H-pyrrole nitrogens is 1. The second-order valence-corrected chi connectivity index (χ2v) is 7.20. The highest BCUT2D eigenvalue weighted by atomic mass is 79.9. The van der Waals surface area contributed by atoms with Crippen LogP contribution in [0.2, 0.25) is 0 Å². The second kappa shape index (κ2) is 6.78. The fraction of sp³-hybridized carbons (Fsp3) is 0.0909. The third-order valence-electron chi connectivity index (χ3n) is 4.63. The van der Waals surface area contributed by atoms with E-state index in [4.69, 9.17) is 4.98 Å². The number of halogens is 1. The average Bonchev–Trinajstić information content (AvgIpc) is 3.13. The minimum absolute atomic E-state index is 0.542. The molecule has 26 heavy (non-hydrogen) atoms. The molecule has 0 fully saturated rings. The number of nitrogens with zero attached hydrogens (tertiary/aromatic N) is 2. The van der Waals surface area contributed by atoms with Crippen molar-refractivity contribution in [1.82, 2.24) is 9.97 Å². The Morgan fingerprint density at radius 3 is 2.31 bits per heavy atom. The number of para-hydroxylation sites is 2. The molecular formula is C22H16BrN3. The van der Waals surface area contributed by atoms with Crippen molar-refractivity contribution in [2.24, 2.45) is 0 Å². The van der Waals surface area contributed by atoms with Crippen molar-refractivity contribution in [3.05, 3.63) is 100 Å². The van der Waals surface area contributed by atoms with E-state index in [0.29, 0.717) is 12.2 Å². The van der Waals surface area contributed by atoms with Crippen molar-refractivity contribution in [3.63, 3.8) is 0 Å². The number of fused-ring (bicyclic) bond motifs is 1. The number of aromatic nitrogens is 2. The van der Waals surface area contributed by atoms with Crippen molar-refractivity contribution in [2.45, 2.75) is 11.8 Å². The van der Waals surface area contributed by atoms with E-state index in [1.807, 2.05) is 78.9 Å². The third kappa shape index (κ3) is 2.91. The molecule has 1 atom stereocenters. The number of imidazole rings is 1. The number of aromatic amines is 1. The summed E-state index contributed by atoms with van der Waals surface area (Å²) in [5, 5.41) is 10.3. The van der Waals surface area contributed by atoms with Crippen molar-refractivity contribution in [2.75, 3.05) is 0 Å². The topological polar surface area (TPSA) is 52.5 Å². The predicted molar refractivity (Wildman–Crippen MR) is 107 cm³/mol. The van der Waals surface area contributed by atoms with Gasteiger partial charge in [0, 0.05) is 10.9 Å². The molecule has 0 saturated heterocycles. The van der Waals surface area contributed by atoms with E-state index in [2.05, 4.69) is 27.0 Å². The van der Waals surface area contributed by atoms with Crippen molar-refractivity contribution in [3.8, 4) is 6.07 Å². The van der Waals surface area contributed by atoms with Crippen LogP contribution in [0.15, 0.2) is 83.3 Å². The Bertz CT molecular complexity index is 1040. The molecule has 4 aromatic rings. The Morgan fingerprint density at radius 2 is 1.62 bits per heavy atom. The van der Waals surface area contributed by atoms with E-state index in [0.717, 1.165) is 26.6 Å². The molecule has 0 spiro atoms. The van der Waals surface area contributed by atoms with Crippen LogP contribution in [-0.4, -0.2) is 9.97 Å². The van der Waals surface area contributed by atoms with Crippen molar-refractivity contribution < 1.29 is 0 Å². The Balaban J connectivity index is 1.90. The van der Waals surface area contributed by atoms with E-state index in [-0.39, 0.29) is 0 Å². The van der Waals surface area contributed by atoms with Gasteiger partial charge in [0.15, 0.2) is 0 Å². The van der Waals surface area contributed by atoms with Gasteiger partial charge in [-0.05, 0) is 35.4 Å². The van der Waals surface area contributed by atoms with Gasteiger partial charge in [0.25, 0.3) is 0 Å². The minimum atomic E-state index is -0.881. The SMILES string of the molecule is N#CC(Cc1ccc(Br)cc1)(c1ccccc1)c1nc2ccccc2[nH]1. The summed E-state index contributed by atoms with van der Waals surface area (Å²) in [6.45, 7) is 0. The molecule has 0 amide bonds. The minimum Gasteiger partial charge on any atom is -0.340 e. The Labute approximate surface area is 160 Å². The number of rotatable bonds is 4. The van der Waals surface area contributed by atoms with E-state index in [9.17, 15) is 5.26 Å². The number of nitrogens with one attached hydrogen (secondary N) is 1. The molecule has 0 aliphatic carbocycles. The fourth-order valence-electron chi connectivity index (χ4n) is 3.27. The maximum Gasteiger partial charge on any atom is 0.144 e. The van der Waals surface area contributed by atoms with Crippen LogP contribution >= 0.6 is 15.9 Å². The van der Waals surface area contributed by atoms with Crippen LogP contribution in [0.4, 0.5) is 0 Å². The fourth-order valence-corrected chi connectivity index (χ4v) is 3.53. The quantitative estimate of drug-likeness (QED) is 0.499. The van der Waals surface area contributed by atoms with E-state index >= 15 is 0 Å². The molecule has 126 valence electrons. The summed E-state index contributed by atoms with van der Waals surface area (Å²) in [5.41, 5.74) is 2.94. The highest BCUT2D eigenvalue weighted by molar-refractivity contribution is 9.10. The van der Waals surface area contributed by atoms with Gasteiger partial charge in [0.05, 0.1) is 17.1 Å². The lowest BCUT2D eigenvalue weighted by Gasteiger charge is -2.25. The van der Waals surface area contributed by atoms with Gasteiger partial charge < -0.3 is 4.98 Å².